The van der Waals surface area contributed by atoms with Gasteiger partial charge in [0.15, 0.2) is 0 Å². The molecule has 0 aliphatic carbocycles. The number of ether oxygens (including phenoxy) is 1. The lowest BCUT2D eigenvalue weighted by molar-refractivity contribution is 0.0500. The summed E-state index contributed by atoms with van der Waals surface area (Å²) in [4.78, 5) is 21.5. The van der Waals surface area contributed by atoms with Crippen molar-refractivity contribution in [3.8, 4) is 0 Å². The van der Waals surface area contributed by atoms with Crippen molar-refractivity contribution in [1.82, 2.24) is 0 Å². The van der Waals surface area contributed by atoms with Gasteiger partial charge in [0.2, 0.25) is 0 Å². The smallest absolute Gasteiger partial charge is 0.340 e. The number of unbranched alkanes of at least 4 members (excludes halogenated alkanes) is 1. The van der Waals surface area contributed by atoms with Crippen molar-refractivity contribution in [2.24, 2.45) is 5.29 Å². The molecule has 1 rings (SSSR count). The summed E-state index contributed by atoms with van der Waals surface area (Å²) in [6.45, 7) is 2.08. The Hall–Kier alpha value is -2.00. The normalized spacial score (nSPS) is 10.9. The minimum atomic E-state index is -4.46. The molecule has 0 atom stereocenters. The summed E-state index contributed by atoms with van der Waals surface area (Å²) >= 11 is 0. The highest BCUT2D eigenvalue weighted by atomic mass is 32.2. The van der Waals surface area contributed by atoms with E-state index >= 15 is 0 Å². The van der Waals surface area contributed by atoms with Gasteiger partial charge in [-0.3, -0.25) is 4.55 Å². The zero-order valence-corrected chi connectivity index (χ0v) is 11.5. The number of nitrogens with one attached hydrogen (secondary N) is 1. The van der Waals surface area contributed by atoms with Crippen LogP contribution in [-0.2, 0) is 14.9 Å². The minimum absolute atomic E-state index is 0.00565. The Labute approximate surface area is 115 Å². The largest absolute Gasteiger partial charge is 0.462 e. The van der Waals surface area contributed by atoms with Gasteiger partial charge in [-0.2, -0.15) is 8.42 Å². The first kappa shape index (κ1) is 16.1. The van der Waals surface area contributed by atoms with Crippen molar-refractivity contribution in [3.63, 3.8) is 0 Å². The first-order valence-electron chi connectivity index (χ1n) is 5.77. The lowest BCUT2D eigenvalue weighted by Gasteiger charge is -2.09. The predicted octanol–water partition coefficient (Wildman–Crippen LogP) is 1.98. The Balaban J connectivity index is 3.11. The van der Waals surface area contributed by atoms with Gasteiger partial charge in [0.05, 0.1) is 28.0 Å². The van der Waals surface area contributed by atoms with Crippen LogP contribution in [0.5, 0.6) is 0 Å². The lowest BCUT2D eigenvalue weighted by Crippen LogP contribution is -2.10. The molecular weight excluding hydrogens is 288 g/mol. The van der Waals surface area contributed by atoms with Crippen molar-refractivity contribution < 1.29 is 22.5 Å². The van der Waals surface area contributed by atoms with E-state index in [1.807, 2.05) is 12.3 Å². The molecule has 0 heterocycles. The molecule has 0 unspecified atom stereocenters. The number of nitrogens with zero attached hydrogens (tertiary/aromatic N) is 1. The zero-order chi connectivity index (χ0) is 15.2. The highest BCUT2D eigenvalue weighted by molar-refractivity contribution is 7.85. The number of benzene rings is 1. The predicted molar refractivity (Wildman–Crippen MR) is 70.9 cm³/mol. The quantitative estimate of drug-likeness (QED) is 0.259. The van der Waals surface area contributed by atoms with E-state index in [2.05, 4.69) is 5.29 Å². The van der Waals surface area contributed by atoms with Crippen molar-refractivity contribution in [2.75, 3.05) is 12.0 Å². The molecule has 0 saturated heterocycles. The maximum absolute atomic E-state index is 11.8. The second kappa shape index (κ2) is 6.96. The van der Waals surface area contributed by atoms with Crippen LogP contribution < -0.4 is 5.43 Å². The van der Waals surface area contributed by atoms with Crippen LogP contribution in [0.3, 0.4) is 0 Å². The van der Waals surface area contributed by atoms with E-state index < -0.39 is 21.0 Å². The van der Waals surface area contributed by atoms with Crippen LogP contribution in [0.2, 0.25) is 0 Å². The first-order valence-corrected chi connectivity index (χ1v) is 7.21. The Morgan fingerprint density at radius 3 is 2.70 bits per heavy atom. The standard InChI is InChI=1S/C11H14N2O6S/c1-2-3-6-19-11(14)9-7-8(20(16,17)18)4-5-10(9)12-13-15/h4-5,7H,2-3,6H2,1H3,(H,12,15)(H,16,17,18). The van der Waals surface area contributed by atoms with E-state index in [4.69, 9.17) is 9.29 Å². The molecule has 1 aromatic carbocycles. The average molecular weight is 302 g/mol. The fraction of sp³-hybridized carbons (Fsp3) is 0.364. The summed E-state index contributed by atoms with van der Waals surface area (Å²) in [7, 11) is -4.46. The summed E-state index contributed by atoms with van der Waals surface area (Å²) in [6, 6.07) is 3.09. The molecule has 0 amide bonds. The minimum Gasteiger partial charge on any atom is -0.462 e. The first-order chi connectivity index (χ1) is 9.40. The van der Waals surface area contributed by atoms with Crippen molar-refractivity contribution in [3.05, 3.63) is 28.7 Å². The van der Waals surface area contributed by atoms with E-state index in [1.165, 1.54) is 0 Å². The molecule has 1 aromatic rings. The Morgan fingerprint density at radius 2 is 2.15 bits per heavy atom. The number of hydrogen-bond acceptors (Lipinski definition) is 6. The number of anilines is 1. The van der Waals surface area contributed by atoms with Crippen molar-refractivity contribution in [1.29, 1.82) is 0 Å². The number of esters is 1. The lowest BCUT2D eigenvalue weighted by atomic mass is 10.2. The molecule has 110 valence electrons. The van der Waals surface area contributed by atoms with Crippen LogP contribution >= 0.6 is 0 Å². The molecule has 20 heavy (non-hydrogen) atoms. The van der Waals surface area contributed by atoms with E-state index in [1.54, 1.807) is 0 Å². The van der Waals surface area contributed by atoms with Gasteiger partial charge in [-0.15, -0.1) is 4.91 Å². The van der Waals surface area contributed by atoms with E-state index in [0.717, 1.165) is 24.6 Å². The average Bonchev–Trinajstić information content (AvgIpc) is 2.38. The molecular formula is C11H14N2O6S. The van der Waals surface area contributed by atoms with E-state index in [-0.39, 0.29) is 17.9 Å². The van der Waals surface area contributed by atoms with Gasteiger partial charge in [0.1, 0.15) is 0 Å². The van der Waals surface area contributed by atoms with Gasteiger partial charge >= 0.3 is 5.97 Å². The van der Waals surface area contributed by atoms with Gasteiger partial charge in [0.25, 0.3) is 10.1 Å². The molecule has 0 bridgehead atoms. The van der Waals surface area contributed by atoms with E-state index in [9.17, 15) is 18.1 Å². The fourth-order valence-corrected chi connectivity index (χ4v) is 1.89. The molecule has 0 aliphatic rings. The van der Waals surface area contributed by atoms with Gasteiger partial charge in [-0.1, -0.05) is 13.3 Å². The molecule has 0 saturated carbocycles. The third kappa shape index (κ3) is 4.28. The van der Waals surface area contributed by atoms with Crippen LogP contribution in [0.25, 0.3) is 0 Å². The third-order valence-electron chi connectivity index (χ3n) is 2.41. The SMILES string of the molecule is CCCCOC(=O)c1cc(S(=O)(=O)O)ccc1NN=O. The van der Waals surface area contributed by atoms with Crippen molar-refractivity contribution >= 4 is 21.8 Å². The molecule has 2 N–H and O–H groups in total. The molecule has 0 aromatic heterocycles. The maximum atomic E-state index is 11.8. The molecule has 0 spiro atoms. The number of nitroso groups, excluding NO2 is 1. The Kier molecular flexibility index (Phi) is 5.59. The second-order valence-electron chi connectivity index (χ2n) is 3.88. The number of carbonyl (C=O) groups excluding carboxylic acids is 1. The summed E-state index contributed by atoms with van der Waals surface area (Å²) in [5.41, 5.74) is 1.81. The Bertz CT molecular complexity index is 599. The molecule has 0 radical (unpaired) electrons. The van der Waals surface area contributed by atoms with Crippen molar-refractivity contribution in [2.45, 2.75) is 24.7 Å². The highest BCUT2D eigenvalue weighted by Crippen LogP contribution is 2.21. The highest BCUT2D eigenvalue weighted by Gasteiger charge is 2.18. The molecule has 9 heteroatoms. The summed E-state index contributed by atoms with van der Waals surface area (Å²) in [6.07, 6.45) is 1.47. The number of hydrogen-bond donors (Lipinski definition) is 2. The van der Waals surface area contributed by atoms with Crippen LogP contribution in [0.1, 0.15) is 30.1 Å². The maximum Gasteiger partial charge on any atom is 0.340 e. The fourth-order valence-electron chi connectivity index (χ4n) is 1.39. The second-order valence-corrected chi connectivity index (χ2v) is 5.30. The topological polar surface area (TPSA) is 122 Å². The van der Waals surface area contributed by atoms with Gasteiger partial charge in [0, 0.05) is 0 Å². The van der Waals surface area contributed by atoms with Crippen LogP contribution in [0.15, 0.2) is 28.4 Å². The Morgan fingerprint density at radius 1 is 1.45 bits per heavy atom. The molecule has 8 nitrogen and oxygen atoms in total. The van der Waals surface area contributed by atoms with Gasteiger partial charge in [-0.25, -0.2) is 10.2 Å². The number of carbonyl (C=O) groups is 1. The summed E-state index contributed by atoms with van der Waals surface area (Å²) < 4.78 is 35.9. The third-order valence-corrected chi connectivity index (χ3v) is 3.26. The van der Waals surface area contributed by atoms with Gasteiger partial charge in [-0.05, 0) is 24.6 Å². The molecule has 0 aliphatic heterocycles. The monoisotopic (exact) mass is 302 g/mol. The number of rotatable bonds is 7. The van der Waals surface area contributed by atoms with Crippen LogP contribution in [-0.4, -0.2) is 25.5 Å². The van der Waals surface area contributed by atoms with Crippen LogP contribution in [0, 0.1) is 4.91 Å². The van der Waals surface area contributed by atoms with Crippen LogP contribution in [0.4, 0.5) is 5.69 Å². The van der Waals surface area contributed by atoms with Gasteiger partial charge < -0.3 is 4.74 Å². The summed E-state index contributed by atoms with van der Waals surface area (Å²) in [5, 5.41) is 2.42. The molecule has 0 fully saturated rings. The van der Waals surface area contributed by atoms with E-state index in [0.29, 0.717) is 6.42 Å². The zero-order valence-electron chi connectivity index (χ0n) is 10.7. The summed E-state index contributed by atoms with van der Waals surface area (Å²) in [5.74, 6) is -0.810.